The highest BCUT2D eigenvalue weighted by molar-refractivity contribution is 9.10. The Bertz CT molecular complexity index is 849. The Morgan fingerprint density at radius 2 is 1.81 bits per heavy atom. The Morgan fingerprint density at radius 1 is 1.08 bits per heavy atom. The summed E-state index contributed by atoms with van der Waals surface area (Å²) in [4.78, 5) is 4.94. The van der Waals surface area contributed by atoms with E-state index in [-0.39, 0.29) is 0 Å². The quantitative estimate of drug-likeness (QED) is 0.515. The maximum absolute atomic E-state index is 11.5. The SMILES string of the molecule is CCNC(=NCc1cccc(Br)c1)NCCc1ccc(S(C)(=O)=O)cc1. The van der Waals surface area contributed by atoms with Gasteiger partial charge in [-0.25, -0.2) is 13.4 Å². The van der Waals surface area contributed by atoms with E-state index >= 15 is 0 Å². The summed E-state index contributed by atoms with van der Waals surface area (Å²) in [5.41, 5.74) is 2.21. The summed E-state index contributed by atoms with van der Waals surface area (Å²) >= 11 is 3.47. The lowest BCUT2D eigenvalue weighted by molar-refractivity contribution is 0.602. The molecule has 0 bridgehead atoms. The summed E-state index contributed by atoms with van der Waals surface area (Å²) in [7, 11) is -3.15. The van der Waals surface area contributed by atoms with Crippen molar-refractivity contribution in [3.63, 3.8) is 0 Å². The molecule has 2 aromatic rings. The minimum absolute atomic E-state index is 0.345. The number of nitrogens with zero attached hydrogens (tertiary/aromatic N) is 1. The van der Waals surface area contributed by atoms with E-state index in [0.717, 1.165) is 34.5 Å². The van der Waals surface area contributed by atoms with E-state index in [1.165, 1.54) is 6.26 Å². The molecule has 0 fully saturated rings. The van der Waals surface area contributed by atoms with Crippen molar-refractivity contribution in [2.24, 2.45) is 4.99 Å². The Labute approximate surface area is 164 Å². The Kier molecular flexibility index (Phi) is 7.66. The molecule has 0 aliphatic heterocycles. The molecule has 2 aromatic carbocycles. The first-order chi connectivity index (χ1) is 12.4. The van der Waals surface area contributed by atoms with Crippen LogP contribution in [-0.2, 0) is 22.8 Å². The summed E-state index contributed by atoms with van der Waals surface area (Å²) in [6.07, 6.45) is 2.00. The molecule has 0 radical (unpaired) electrons. The van der Waals surface area contributed by atoms with Gasteiger partial charge >= 0.3 is 0 Å². The zero-order valence-corrected chi connectivity index (χ0v) is 17.4. The van der Waals surface area contributed by atoms with Gasteiger partial charge in [-0.05, 0) is 48.7 Å². The Balaban J connectivity index is 1.90. The highest BCUT2D eigenvalue weighted by Gasteiger charge is 2.06. The molecule has 0 saturated carbocycles. The predicted molar refractivity (Wildman–Crippen MR) is 110 cm³/mol. The van der Waals surface area contributed by atoms with Gasteiger partial charge in [-0.3, -0.25) is 0 Å². The maximum Gasteiger partial charge on any atom is 0.191 e. The van der Waals surface area contributed by atoms with E-state index in [9.17, 15) is 8.42 Å². The average molecular weight is 438 g/mol. The minimum Gasteiger partial charge on any atom is -0.357 e. The first kappa shape index (κ1) is 20.5. The van der Waals surface area contributed by atoms with E-state index in [1.807, 2.05) is 37.3 Å². The molecule has 0 aromatic heterocycles. The van der Waals surface area contributed by atoms with E-state index in [4.69, 9.17) is 0 Å². The highest BCUT2D eigenvalue weighted by atomic mass is 79.9. The van der Waals surface area contributed by atoms with E-state index in [2.05, 4.69) is 37.6 Å². The second-order valence-electron chi connectivity index (χ2n) is 5.92. The standard InChI is InChI=1S/C19H24BrN3O2S/c1-3-21-19(23-14-16-5-4-6-17(20)13-16)22-12-11-15-7-9-18(10-8-15)26(2,24)25/h4-10,13H,3,11-12,14H2,1-2H3,(H2,21,22,23). The number of sulfone groups is 1. The number of nitrogens with one attached hydrogen (secondary N) is 2. The van der Waals surface area contributed by atoms with Crippen LogP contribution >= 0.6 is 15.9 Å². The lowest BCUT2D eigenvalue weighted by Crippen LogP contribution is -2.38. The monoisotopic (exact) mass is 437 g/mol. The van der Waals surface area contributed by atoms with Crippen LogP contribution in [0, 0.1) is 0 Å². The number of hydrogen-bond donors (Lipinski definition) is 2. The molecule has 0 heterocycles. The fourth-order valence-corrected chi connectivity index (χ4v) is 3.45. The number of rotatable bonds is 7. The van der Waals surface area contributed by atoms with Crippen molar-refractivity contribution in [2.45, 2.75) is 24.8 Å². The third-order valence-corrected chi connectivity index (χ3v) is 5.33. The molecule has 2 rings (SSSR count). The van der Waals surface area contributed by atoms with Crippen molar-refractivity contribution >= 4 is 31.7 Å². The molecule has 0 atom stereocenters. The van der Waals surface area contributed by atoms with Gasteiger partial charge in [0.2, 0.25) is 0 Å². The molecule has 0 amide bonds. The van der Waals surface area contributed by atoms with Gasteiger partial charge < -0.3 is 10.6 Å². The van der Waals surface area contributed by atoms with Gasteiger partial charge in [0.15, 0.2) is 15.8 Å². The number of halogens is 1. The molecular formula is C19H24BrN3O2S. The second-order valence-corrected chi connectivity index (χ2v) is 8.85. The smallest absolute Gasteiger partial charge is 0.191 e. The molecular weight excluding hydrogens is 414 g/mol. The molecule has 5 nitrogen and oxygen atoms in total. The fraction of sp³-hybridized carbons (Fsp3) is 0.316. The van der Waals surface area contributed by atoms with Crippen LogP contribution in [0.5, 0.6) is 0 Å². The van der Waals surface area contributed by atoms with Gasteiger partial charge in [-0.15, -0.1) is 0 Å². The Hall–Kier alpha value is -1.86. The Morgan fingerprint density at radius 3 is 2.42 bits per heavy atom. The van der Waals surface area contributed by atoms with Crippen LogP contribution < -0.4 is 10.6 Å². The largest absolute Gasteiger partial charge is 0.357 e. The first-order valence-electron chi connectivity index (χ1n) is 8.44. The van der Waals surface area contributed by atoms with Gasteiger partial charge in [0.25, 0.3) is 0 Å². The van der Waals surface area contributed by atoms with Gasteiger partial charge in [-0.2, -0.15) is 0 Å². The topological polar surface area (TPSA) is 70.6 Å². The zero-order chi connectivity index (χ0) is 19.0. The van der Waals surface area contributed by atoms with Crippen molar-refractivity contribution in [3.05, 3.63) is 64.1 Å². The van der Waals surface area contributed by atoms with E-state index in [1.54, 1.807) is 12.1 Å². The minimum atomic E-state index is -3.15. The number of benzene rings is 2. The molecule has 26 heavy (non-hydrogen) atoms. The normalized spacial score (nSPS) is 12.0. The van der Waals surface area contributed by atoms with Crippen LogP contribution in [0.1, 0.15) is 18.1 Å². The molecule has 0 saturated heterocycles. The molecule has 2 N–H and O–H groups in total. The lowest BCUT2D eigenvalue weighted by Gasteiger charge is -2.11. The molecule has 0 aliphatic rings. The van der Waals surface area contributed by atoms with Gasteiger partial charge in [0.1, 0.15) is 0 Å². The van der Waals surface area contributed by atoms with Crippen LogP contribution in [0.15, 0.2) is 62.9 Å². The second kappa shape index (κ2) is 9.73. The summed E-state index contributed by atoms with van der Waals surface area (Å²) in [6, 6.07) is 15.1. The third kappa shape index (κ3) is 6.80. The summed E-state index contributed by atoms with van der Waals surface area (Å²) < 4.78 is 24.0. The highest BCUT2D eigenvalue weighted by Crippen LogP contribution is 2.12. The van der Waals surface area contributed by atoms with Crippen LogP contribution in [0.4, 0.5) is 0 Å². The molecule has 0 unspecified atom stereocenters. The summed E-state index contributed by atoms with van der Waals surface area (Å²) in [6.45, 7) is 4.12. The van der Waals surface area contributed by atoms with E-state index in [0.29, 0.717) is 18.0 Å². The van der Waals surface area contributed by atoms with Crippen LogP contribution in [0.3, 0.4) is 0 Å². The van der Waals surface area contributed by atoms with Crippen molar-refractivity contribution in [3.8, 4) is 0 Å². The molecule has 0 spiro atoms. The van der Waals surface area contributed by atoms with E-state index < -0.39 is 9.84 Å². The maximum atomic E-state index is 11.5. The number of guanidine groups is 1. The third-order valence-electron chi connectivity index (χ3n) is 3.71. The van der Waals surface area contributed by atoms with Crippen LogP contribution in [0.2, 0.25) is 0 Å². The van der Waals surface area contributed by atoms with Gasteiger partial charge in [0, 0.05) is 23.8 Å². The average Bonchev–Trinajstić information content (AvgIpc) is 2.59. The van der Waals surface area contributed by atoms with Gasteiger partial charge in [0.05, 0.1) is 11.4 Å². The first-order valence-corrected chi connectivity index (χ1v) is 11.1. The van der Waals surface area contributed by atoms with Crippen molar-refractivity contribution in [1.82, 2.24) is 10.6 Å². The van der Waals surface area contributed by atoms with Crippen molar-refractivity contribution < 1.29 is 8.42 Å². The summed E-state index contributed by atoms with van der Waals surface area (Å²) in [5, 5.41) is 6.54. The predicted octanol–water partition coefficient (Wildman–Crippen LogP) is 3.15. The van der Waals surface area contributed by atoms with Crippen LogP contribution in [-0.4, -0.2) is 33.7 Å². The molecule has 0 aliphatic carbocycles. The molecule has 140 valence electrons. The molecule has 7 heteroatoms. The summed E-state index contributed by atoms with van der Waals surface area (Å²) in [5.74, 6) is 0.764. The van der Waals surface area contributed by atoms with Crippen molar-refractivity contribution in [2.75, 3.05) is 19.3 Å². The van der Waals surface area contributed by atoms with Crippen LogP contribution in [0.25, 0.3) is 0 Å². The fourth-order valence-electron chi connectivity index (χ4n) is 2.38. The number of hydrogen-bond acceptors (Lipinski definition) is 3. The zero-order valence-electron chi connectivity index (χ0n) is 15.0. The lowest BCUT2D eigenvalue weighted by atomic mass is 10.1. The number of aliphatic imine (C=N–C) groups is 1. The van der Waals surface area contributed by atoms with Crippen molar-refractivity contribution in [1.29, 1.82) is 0 Å². The van der Waals surface area contributed by atoms with Gasteiger partial charge in [-0.1, -0.05) is 40.2 Å².